The van der Waals surface area contributed by atoms with Gasteiger partial charge in [0, 0.05) is 32.2 Å². The molecule has 0 saturated heterocycles. The van der Waals surface area contributed by atoms with Crippen molar-refractivity contribution in [3.05, 3.63) is 97.4 Å². The fraction of sp³-hybridized carbons (Fsp3) is 0.120. The number of ether oxygens (including phenoxy) is 1. The molecule has 0 atom stereocenters. The quantitative estimate of drug-likeness (QED) is 0.258. The number of anilines is 1. The molecular formula is C25H19BrCl2N2O2. The zero-order valence-corrected chi connectivity index (χ0v) is 20.3. The SMILES string of the molecule is CCOc1cc(/C=C(\C#N)C(=O)Nc2ccc(Cl)cc2)cc(Cl)c1Cc1ccccc1Br. The van der Waals surface area contributed by atoms with Gasteiger partial charge in [0.25, 0.3) is 5.91 Å². The van der Waals surface area contributed by atoms with Crippen molar-refractivity contribution >= 4 is 56.8 Å². The lowest BCUT2D eigenvalue weighted by Crippen LogP contribution is -2.13. The Kier molecular flexibility index (Phi) is 8.35. The highest BCUT2D eigenvalue weighted by Crippen LogP contribution is 2.33. The minimum Gasteiger partial charge on any atom is -0.494 e. The van der Waals surface area contributed by atoms with E-state index in [1.165, 1.54) is 6.08 Å². The normalized spacial score (nSPS) is 11.0. The number of carbonyl (C=O) groups is 1. The van der Waals surface area contributed by atoms with Gasteiger partial charge in [-0.05, 0) is 66.6 Å². The van der Waals surface area contributed by atoms with Gasteiger partial charge in [0.2, 0.25) is 0 Å². The zero-order valence-electron chi connectivity index (χ0n) is 17.2. The Labute approximate surface area is 205 Å². The second-order valence-corrected chi connectivity index (χ2v) is 8.51. The molecule has 0 aliphatic rings. The molecule has 0 aliphatic carbocycles. The highest BCUT2D eigenvalue weighted by atomic mass is 79.9. The number of carbonyl (C=O) groups excluding carboxylic acids is 1. The summed E-state index contributed by atoms with van der Waals surface area (Å²) in [6.45, 7) is 2.34. The van der Waals surface area contributed by atoms with Crippen molar-refractivity contribution in [1.29, 1.82) is 5.26 Å². The molecular weight excluding hydrogens is 511 g/mol. The van der Waals surface area contributed by atoms with Crippen molar-refractivity contribution in [1.82, 2.24) is 0 Å². The van der Waals surface area contributed by atoms with E-state index in [9.17, 15) is 10.1 Å². The number of halogens is 3. The first-order valence-electron chi connectivity index (χ1n) is 9.78. The first kappa shape index (κ1) is 23.9. The average Bonchev–Trinajstić information content (AvgIpc) is 2.77. The number of hydrogen-bond donors (Lipinski definition) is 1. The van der Waals surface area contributed by atoms with Crippen molar-refractivity contribution in [3.63, 3.8) is 0 Å². The van der Waals surface area contributed by atoms with Crippen molar-refractivity contribution in [2.45, 2.75) is 13.3 Å². The van der Waals surface area contributed by atoms with E-state index in [2.05, 4.69) is 21.2 Å². The third kappa shape index (κ3) is 6.14. The van der Waals surface area contributed by atoms with E-state index < -0.39 is 5.91 Å². The molecule has 3 aromatic carbocycles. The van der Waals surface area contributed by atoms with Crippen LogP contribution in [-0.4, -0.2) is 12.5 Å². The fourth-order valence-corrected chi connectivity index (χ4v) is 3.89. The number of nitrogens with zero attached hydrogens (tertiary/aromatic N) is 1. The smallest absolute Gasteiger partial charge is 0.266 e. The number of rotatable bonds is 7. The molecule has 7 heteroatoms. The van der Waals surface area contributed by atoms with Gasteiger partial charge >= 0.3 is 0 Å². The molecule has 3 aromatic rings. The average molecular weight is 530 g/mol. The van der Waals surface area contributed by atoms with Crippen LogP contribution in [0.1, 0.15) is 23.6 Å². The Morgan fingerprint density at radius 2 is 1.88 bits per heavy atom. The van der Waals surface area contributed by atoms with Crippen LogP contribution >= 0.6 is 39.1 Å². The summed E-state index contributed by atoms with van der Waals surface area (Å²) in [5, 5.41) is 13.3. The maximum atomic E-state index is 12.6. The number of hydrogen-bond acceptors (Lipinski definition) is 3. The van der Waals surface area contributed by atoms with Crippen LogP contribution in [0.4, 0.5) is 5.69 Å². The molecule has 3 rings (SSSR count). The topological polar surface area (TPSA) is 62.1 Å². The van der Waals surface area contributed by atoms with Gasteiger partial charge in [0.05, 0.1) is 6.61 Å². The summed E-state index contributed by atoms with van der Waals surface area (Å²) in [5.41, 5.74) is 2.98. The second kappa shape index (κ2) is 11.2. The molecule has 0 unspecified atom stereocenters. The van der Waals surface area contributed by atoms with E-state index in [0.717, 1.165) is 15.6 Å². The molecule has 0 aromatic heterocycles. The second-order valence-electron chi connectivity index (χ2n) is 6.81. The summed E-state index contributed by atoms with van der Waals surface area (Å²) < 4.78 is 6.81. The largest absolute Gasteiger partial charge is 0.494 e. The number of nitriles is 1. The summed E-state index contributed by atoms with van der Waals surface area (Å²) in [5.74, 6) is 0.0820. The van der Waals surface area contributed by atoms with Crippen LogP contribution in [0.3, 0.4) is 0 Å². The molecule has 4 nitrogen and oxygen atoms in total. The number of benzene rings is 3. The van der Waals surface area contributed by atoms with Crippen LogP contribution in [0.25, 0.3) is 6.08 Å². The van der Waals surface area contributed by atoms with Crippen LogP contribution in [-0.2, 0) is 11.2 Å². The van der Waals surface area contributed by atoms with E-state index >= 15 is 0 Å². The molecule has 0 radical (unpaired) electrons. The Morgan fingerprint density at radius 1 is 1.16 bits per heavy atom. The summed E-state index contributed by atoms with van der Waals surface area (Å²) in [7, 11) is 0. The first-order valence-corrected chi connectivity index (χ1v) is 11.3. The number of nitrogens with one attached hydrogen (secondary N) is 1. The van der Waals surface area contributed by atoms with Gasteiger partial charge in [0.1, 0.15) is 17.4 Å². The van der Waals surface area contributed by atoms with Crippen molar-refractivity contribution in [2.75, 3.05) is 11.9 Å². The predicted molar refractivity (Wildman–Crippen MR) is 133 cm³/mol. The molecule has 0 spiro atoms. The van der Waals surface area contributed by atoms with Gasteiger partial charge in [-0.15, -0.1) is 0 Å². The molecule has 32 heavy (non-hydrogen) atoms. The van der Waals surface area contributed by atoms with Crippen molar-refractivity contribution in [2.24, 2.45) is 0 Å². The van der Waals surface area contributed by atoms with Crippen LogP contribution in [0.5, 0.6) is 5.75 Å². The Morgan fingerprint density at radius 3 is 2.53 bits per heavy atom. The van der Waals surface area contributed by atoms with Gasteiger partial charge in [-0.2, -0.15) is 5.26 Å². The minimum absolute atomic E-state index is 0.0583. The van der Waals surface area contributed by atoms with Crippen molar-refractivity contribution in [3.8, 4) is 11.8 Å². The molecule has 1 amide bonds. The zero-order chi connectivity index (χ0) is 23.1. The first-order chi connectivity index (χ1) is 15.4. The third-order valence-electron chi connectivity index (χ3n) is 4.58. The lowest BCUT2D eigenvalue weighted by molar-refractivity contribution is -0.112. The maximum absolute atomic E-state index is 12.6. The lowest BCUT2D eigenvalue weighted by Gasteiger charge is -2.14. The van der Waals surface area contributed by atoms with Crippen LogP contribution in [0.15, 0.2) is 70.7 Å². The van der Waals surface area contributed by atoms with Gasteiger partial charge in [-0.1, -0.05) is 57.3 Å². The lowest BCUT2D eigenvalue weighted by atomic mass is 10.0. The van der Waals surface area contributed by atoms with E-state index in [1.54, 1.807) is 36.4 Å². The summed E-state index contributed by atoms with van der Waals surface area (Å²) in [6, 6.07) is 20.0. The van der Waals surface area contributed by atoms with Gasteiger partial charge < -0.3 is 10.1 Å². The highest BCUT2D eigenvalue weighted by Gasteiger charge is 2.15. The van der Waals surface area contributed by atoms with Gasteiger partial charge in [0.15, 0.2) is 0 Å². The third-order valence-corrected chi connectivity index (χ3v) is 5.94. The monoisotopic (exact) mass is 528 g/mol. The van der Waals surface area contributed by atoms with Gasteiger partial charge in [-0.25, -0.2) is 0 Å². The van der Waals surface area contributed by atoms with E-state index in [4.69, 9.17) is 27.9 Å². The Bertz CT molecular complexity index is 1200. The van der Waals surface area contributed by atoms with Crippen LogP contribution < -0.4 is 10.1 Å². The Hall–Kier alpha value is -2.78. The fourth-order valence-electron chi connectivity index (χ4n) is 3.05. The molecule has 162 valence electrons. The molecule has 0 fully saturated rings. The molecule has 0 aliphatic heterocycles. The number of amides is 1. The molecule has 0 bridgehead atoms. The van der Waals surface area contributed by atoms with Crippen LogP contribution in [0.2, 0.25) is 10.0 Å². The summed E-state index contributed by atoms with van der Waals surface area (Å²) >= 11 is 16.0. The Balaban J connectivity index is 1.91. The standard InChI is InChI=1S/C25H19BrCl2N2O2/c1-2-32-24-13-16(12-23(28)21(24)14-17-5-3-4-6-22(17)26)11-18(15-29)25(31)30-20-9-7-19(27)8-10-20/h3-13H,2,14H2,1H3,(H,30,31)/b18-11+. The highest BCUT2D eigenvalue weighted by molar-refractivity contribution is 9.10. The van der Waals surface area contributed by atoms with E-state index in [-0.39, 0.29) is 5.57 Å². The predicted octanol–water partition coefficient (Wildman–Crippen LogP) is 7.29. The van der Waals surface area contributed by atoms with E-state index in [1.807, 2.05) is 37.3 Å². The molecule has 0 saturated carbocycles. The van der Waals surface area contributed by atoms with Gasteiger partial charge in [-0.3, -0.25) is 4.79 Å². The van der Waals surface area contributed by atoms with Crippen LogP contribution in [0, 0.1) is 11.3 Å². The van der Waals surface area contributed by atoms with Crippen molar-refractivity contribution < 1.29 is 9.53 Å². The minimum atomic E-state index is -0.527. The van der Waals surface area contributed by atoms with E-state index in [0.29, 0.717) is 40.1 Å². The maximum Gasteiger partial charge on any atom is 0.266 e. The molecule has 1 N–H and O–H groups in total. The summed E-state index contributed by atoms with van der Waals surface area (Å²) in [4.78, 5) is 12.6. The summed E-state index contributed by atoms with van der Waals surface area (Å²) in [6.07, 6.45) is 2.06. The molecule has 0 heterocycles.